The third kappa shape index (κ3) is 2.98. The Morgan fingerprint density at radius 3 is 2.67 bits per heavy atom. The first kappa shape index (κ1) is 13.5. The number of anilines is 1. The summed E-state index contributed by atoms with van der Waals surface area (Å²) in [5.41, 5.74) is 7.22. The van der Waals surface area contributed by atoms with Crippen molar-refractivity contribution in [2.24, 2.45) is 0 Å². The van der Waals surface area contributed by atoms with Crippen molar-refractivity contribution in [2.75, 3.05) is 5.73 Å². The van der Waals surface area contributed by atoms with E-state index in [1.165, 1.54) is 11.3 Å². The van der Waals surface area contributed by atoms with Crippen LogP contribution in [0.5, 0.6) is 5.75 Å². The summed E-state index contributed by atoms with van der Waals surface area (Å²) in [6, 6.07) is 13.9. The molecule has 2 aromatic carbocycles. The molecule has 0 atom stereocenters. The van der Waals surface area contributed by atoms with Crippen molar-refractivity contribution in [3.63, 3.8) is 0 Å². The number of thiophene rings is 1. The van der Waals surface area contributed by atoms with E-state index in [9.17, 15) is 9.90 Å². The fourth-order valence-corrected chi connectivity index (χ4v) is 2.91. The number of esters is 1. The van der Waals surface area contributed by atoms with Gasteiger partial charge in [0.15, 0.2) is 0 Å². The number of ether oxygens (including phenoxy) is 1. The lowest BCUT2D eigenvalue weighted by Crippen LogP contribution is -2.02. The van der Waals surface area contributed by atoms with Crippen LogP contribution in [0.1, 0.15) is 15.2 Å². The molecule has 3 aromatic rings. The smallest absolute Gasteiger partial charge is 0.348 e. The summed E-state index contributed by atoms with van der Waals surface area (Å²) in [7, 11) is 0. The third-order valence-corrected chi connectivity index (χ3v) is 4.14. The average Bonchev–Trinajstić information content (AvgIpc) is 2.89. The van der Waals surface area contributed by atoms with Crippen molar-refractivity contribution in [1.82, 2.24) is 0 Å². The van der Waals surface area contributed by atoms with Crippen LogP contribution in [0.25, 0.3) is 10.1 Å². The molecule has 4 nitrogen and oxygen atoms in total. The van der Waals surface area contributed by atoms with Crippen molar-refractivity contribution in [3.8, 4) is 5.75 Å². The lowest BCUT2D eigenvalue weighted by Gasteiger charge is -2.03. The van der Waals surface area contributed by atoms with Crippen LogP contribution in [-0.4, -0.2) is 11.1 Å². The molecule has 0 aliphatic rings. The van der Waals surface area contributed by atoms with Gasteiger partial charge in [0.1, 0.15) is 17.2 Å². The summed E-state index contributed by atoms with van der Waals surface area (Å²) < 4.78 is 6.27. The zero-order chi connectivity index (χ0) is 14.8. The largest absolute Gasteiger partial charge is 0.508 e. The number of fused-ring (bicyclic) bond motifs is 1. The highest BCUT2D eigenvalue weighted by atomic mass is 32.1. The minimum Gasteiger partial charge on any atom is -0.508 e. The number of rotatable bonds is 3. The lowest BCUT2D eigenvalue weighted by molar-refractivity contribution is 0.0478. The molecule has 0 saturated heterocycles. The second kappa shape index (κ2) is 5.46. The Hall–Kier alpha value is -2.53. The van der Waals surface area contributed by atoms with E-state index in [0.717, 1.165) is 15.6 Å². The van der Waals surface area contributed by atoms with E-state index in [-0.39, 0.29) is 18.3 Å². The van der Waals surface area contributed by atoms with Gasteiger partial charge in [0.2, 0.25) is 0 Å². The number of benzene rings is 2. The Morgan fingerprint density at radius 1 is 1.14 bits per heavy atom. The van der Waals surface area contributed by atoms with Gasteiger partial charge in [0.05, 0.1) is 0 Å². The van der Waals surface area contributed by atoms with Gasteiger partial charge in [-0.25, -0.2) is 4.79 Å². The summed E-state index contributed by atoms with van der Waals surface area (Å²) in [5, 5.41) is 10.1. The van der Waals surface area contributed by atoms with Crippen molar-refractivity contribution in [2.45, 2.75) is 6.61 Å². The number of nitrogen functional groups attached to an aromatic ring is 1. The number of aromatic hydroxyl groups is 1. The molecule has 0 aliphatic heterocycles. The van der Waals surface area contributed by atoms with Crippen molar-refractivity contribution >= 4 is 33.1 Å². The van der Waals surface area contributed by atoms with E-state index in [2.05, 4.69) is 0 Å². The van der Waals surface area contributed by atoms with Crippen LogP contribution in [0.15, 0.2) is 48.5 Å². The highest BCUT2D eigenvalue weighted by Crippen LogP contribution is 2.28. The molecule has 21 heavy (non-hydrogen) atoms. The molecule has 3 N–H and O–H groups in total. The monoisotopic (exact) mass is 299 g/mol. The number of hydrogen-bond acceptors (Lipinski definition) is 5. The molecule has 0 amide bonds. The number of hydrogen-bond donors (Lipinski definition) is 2. The fraction of sp³-hybridized carbons (Fsp3) is 0.0625. The molecular formula is C16H13NO3S. The summed E-state index contributed by atoms with van der Waals surface area (Å²) in [6.45, 7) is 0.176. The number of carbonyl (C=O) groups is 1. The first-order chi connectivity index (χ1) is 10.1. The Morgan fingerprint density at radius 2 is 1.90 bits per heavy atom. The summed E-state index contributed by atoms with van der Waals surface area (Å²) >= 11 is 1.38. The molecule has 1 aromatic heterocycles. The predicted molar refractivity (Wildman–Crippen MR) is 83.5 cm³/mol. The molecule has 0 saturated carbocycles. The Bertz CT molecular complexity index is 793. The minimum atomic E-state index is -0.358. The van der Waals surface area contributed by atoms with E-state index in [1.54, 1.807) is 30.3 Å². The van der Waals surface area contributed by atoms with Gasteiger partial charge < -0.3 is 15.6 Å². The number of phenolic OH excluding ortho intramolecular Hbond substituents is 1. The highest BCUT2D eigenvalue weighted by Gasteiger charge is 2.12. The van der Waals surface area contributed by atoms with E-state index in [4.69, 9.17) is 10.5 Å². The molecule has 5 heteroatoms. The van der Waals surface area contributed by atoms with Gasteiger partial charge >= 0.3 is 5.97 Å². The maximum atomic E-state index is 12.0. The van der Waals surface area contributed by atoms with Crippen molar-refractivity contribution < 1.29 is 14.6 Å². The van der Waals surface area contributed by atoms with Gasteiger partial charge in [-0.05, 0) is 47.3 Å². The maximum Gasteiger partial charge on any atom is 0.348 e. The van der Waals surface area contributed by atoms with Crippen LogP contribution >= 0.6 is 11.3 Å². The van der Waals surface area contributed by atoms with Crippen molar-refractivity contribution in [1.29, 1.82) is 0 Å². The summed E-state index contributed by atoms with van der Waals surface area (Å²) in [4.78, 5) is 12.6. The van der Waals surface area contributed by atoms with Crippen LogP contribution in [0.3, 0.4) is 0 Å². The first-order valence-electron chi connectivity index (χ1n) is 6.36. The second-order valence-corrected chi connectivity index (χ2v) is 5.73. The number of nitrogens with two attached hydrogens (primary N) is 1. The van der Waals surface area contributed by atoms with E-state index < -0.39 is 0 Å². The number of phenols is 1. The van der Waals surface area contributed by atoms with Gasteiger partial charge in [-0.1, -0.05) is 12.1 Å². The maximum absolute atomic E-state index is 12.0. The minimum absolute atomic E-state index is 0.176. The fourth-order valence-electron chi connectivity index (χ4n) is 1.97. The van der Waals surface area contributed by atoms with Gasteiger partial charge in [-0.3, -0.25) is 0 Å². The van der Waals surface area contributed by atoms with Crippen LogP contribution in [0.4, 0.5) is 5.69 Å². The first-order valence-corrected chi connectivity index (χ1v) is 7.17. The Balaban J connectivity index is 1.73. The lowest BCUT2D eigenvalue weighted by atomic mass is 10.2. The van der Waals surface area contributed by atoms with Crippen LogP contribution in [0.2, 0.25) is 0 Å². The molecule has 0 aliphatic carbocycles. The average molecular weight is 299 g/mol. The van der Waals surface area contributed by atoms with Crippen LogP contribution < -0.4 is 5.73 Å². The van der Waals surface area contributed by atoms with Gasteiger partial charge in [0.25, 0.3) is 0 Å². The van der Waals surface area contributed by atoms with E-state index in [1.807, 2.05) is 18.2 Å². The molecular weight excluding hydrogens is 286 g/mol. The summed E-state index contributed by atoms with van der Waals surface area (Å²) in [6.07, 6.45) is 0. The van der Waals surface area contributed by atoms with Crippen molar-refractivity contribution in [3.05, 3.63) is 59.0 Å². The van der Waals surface area contributed by atoms with Gasteiger partial charge in [-0.2, -0.15) is 0 Å². The Kier molecular flexibility index (Phi) is 3.50. The molecule has 0 radical (unpaired) electrons. The molecule has 0 bridgehead atoms. The normalized spacial score (nSPS) is 10.7. The molecule has 106 valence electrons. The van der Waals surface area contributed by atoms with Crippen LogP contribution in [0, 0.1) is 0 Å². The zero-order valence-corrected chi connectivity index (χ0v) is 11.9. The molecule has 1 heterocycles. The standard InChI is InChI=1S/C16H13NO3S/c17-12-3-6-14-11(7-12)8-15(21-14)16(19)20-9-10-1-4-13(18)5-2-10/h1-8,18H,9,17H2. The highest BCUT2D eigenvalue weighted by molar-refractivity contribution is 7.20. The topological polar surface area (TPSA) is 72.6 Å². The van der Waals surface area contributed by atoms with E-state index >= 15 is 0 Å². The Labute approximate surface area is 125 Å². The molecule has 0 spiro atoms. The third-order valence-electron chi connectivity index (χ3n) is 3.05. The quantitative estimate of drug-likeness (QED) is 0.573. The van der Waals surface area contributed by atoms with Crippen LogP contribution in [-0.2, 0) is 11.3 Å². The van der Waals surface area contributed by atoms with Gasteiger partial charge in [-0.15, -0.1) is 11.3 Å². The molecule has 0 fully saturated rings. The van der Waals surface area contributed by atoms with E-state index in [0.29, 0.717) is 10.6 Å². The number of carbonyl (C=O) groups excluding carboxylic acids is 1. The molecule has 3 rings (SSSR count). The molecule has 0 unspecified atom stereocenters. The summed E-state index contributed by atoms with van der Waals surface area (Å²) in [5.74, 6) is -0.171. The predicted octanol–water partition coefficient (Wildman–Crippen LogP) is 3.55. The SMILES string of the molecule is Nc1ccc2sc(C(=O)OCc3ccc(O)cc3)cc2c1. The van der Waals surface area contributed by atoms with Gasteiger partial charge in [0, 0.05) is 10.4 Å². The zero-order valence-electron chi connectivity index (χ0n) is 11.1. The second-order valence-electron chi connectivity index (χ2n) is 4.65.